The van der Waals surface area contributed by atoms with Gasteiger partial charge in [0.25, 0.3) is 11.4 Å². The van der Waals surface area contributed by atoms with E-state index in [1.54, 1.807) is 0 Å². The van der Waals surface area contributed by atoms with Crippen molar-refractivity contribution in [3.8, 4) is 0 Å². The predicted molar refractivity (Wildman–Crippen MR) is 71.4 cm³/mol. The van der Waals surface area contributed by atoms with E-state index >= 15 is 0 Å². The quantitative estimate of drug-likeness (QED) is 0.600. The van der Waals surface area contributed by atoms with Crippen LogP contribution in [0.1, 0.15) is 0 Å². The average Bonchev–Trinajstić information content (AvgIpc) is 2.46. The standard InChI is InChI=1S/C11H12N4O6/c16-11(17)8-6-13(4-3-12-8)9-2-1-7(14(18)19)5-10(9)15(20)21/h1-2,5,8,12H,3-4,6H2,(H,16,17)/t8-/m1/s1. The van der Waals surface area contributed by atoms with E-state index in [0.29, 0.717) is 13.1 Å². The van der Waals surface area contributed by atoms with Crippen LogP contribution in [0.2, 0.25) is 0 Å². The molecule has 1 aromatic carbocycles. The third kappa shape index (κ3) is 3.05. The lowest BCUT2D eigenvalue weighted by Gasteiger charge is -2.32. The highest BCUT2D eigenvalue weighted by molar-refractivity contribution is 5.76. The number of non-ortho nitro benzene ring substituents is 1. The summed E-state index contributed by atoms with van der Waals surface area (Å²) in [6, 6.07) is 2.49. The first-order chi connectivity index (χ1) is 9.90. The fraction of sp³-hybridized carbons (Fsp3) is 0.364. The van der Waals surface area contributed by atoms with Crippen LogP contribution in [0.3, 0.4) is 0 Å². The second-order valence-corrected chi connectivity index (χ2v) is 4.48. The highest BCUT2D eigenvalue weighted by Gasteiger charge is 2.29. The van der Waals surface area contributed by atoms with E-state index in [4.69, 9.17) is 5.11 Å². The van der Waals surface area contributed by atoms with Gasteiger partial charge >= 0.3 is 5.97 Å². The van der Waals surface area contributed by atoms with Gasteiger partial charge in [0.05, 0.1) is 15.9 Å². The van der Waals surface area contributed by atoms with Crippen LogP contribution in [0.4, 0.5) is 17.1 Å². The third-order valence-corrected chi connectivity index (χ3v) is 3.18. The normalized spacial score (nSPS) is 18.3. The van der Waals surface area contributed by atoms with Gasteiger partial charge in [0.1, 0.15) is 11.7 Å². The monoisotopic (exact) mass is 296 g/mol. The maximum absolute atomic E-state index is 11.1. The van der Waals surface area contributed by atoms with Crippen LogP contribution in [0.5, 0.6) is 0 Å². The molecular formula is C11H12N4O6. The maximum Gasteiger partial charge on any atom is 0.322 e. The number of carboxylic acids is 1. The lowest BCUT2D eigenvalue weighted by atomic mass is 10.1. The summed E-state index contributed by atoms with van der Waals surface area (Å²) in [7, 11) is 0. The minimum Gasteiger partial charge on any atom is -0.480 e. The van der Waals surface area contributed by atoms with Gasteiger partial charge in [-0.2, -0.15) is 0 Å². The molecule has 0 amide bonds. The van der Waals surface area contributed by atoms with Crippen molar-refractivity contribution in [2.75, 3.05) is 24.5 Å². The summed E-state index contributed by atoms with van der Waals surface area (Å²) in [5.74, 6) is -1.05. The second kappa shape index (κ2) is 5.71. The van der Waals surface area contributed by atoms with Crippen LogP contribution in [0.25, 0.3) is 0 Å². The highest BCUT2D eigenvalue weighted by Crippen LogP contribution is 2.32. The molecule has 0 aliphatic carbocycles. The molecule has 2 rings (SSSR count). The summed E-state index contributed by atoms with van der Waals surface area (Å²) in [6.45, 7) is 0.779. The minimum atomic E-state index is -1.05. The molecule has 0 saturated carbocycles. The van der Waals surface area contributed by atoms with Crippen LogP contribution in [0.15, 0.2) is 18.2 Å². The molecule has 0 unspecified atom stereocenters. The van der Waals surface area contributed by atoms with E-state index in [2.05, 4.69) is 5.32 Å². The first kappa shape index (κ1) is 14.7. The number of piperazine rings is 1. The molecule has 0 spiro atoms. The molecule has 2 N–H and O–H groups in total. The second-order valence-electron chi connectivity index (χ2n) is 4.48. The number of nitro benzene ring substituents is 2. The van der Waals surface area contributed by atoms with Gasteiger partial charge in [0, 0.05) is 25.7 Å². The number of benzene rings is 1. The van der Waals surface area contributed by atoms with Gasteiger partial charge in [0.2, 0.25) is 0 Å². The Hall–Kier alpha value is -2.75. The van der Waals surface area contributed by atoms with Gasteiger partial charge in [0.15, 0.2) is 0 Å². The van der Waals surface area contributed by atoms with E-state index in [1.165, 1.54) is 17.0 Å². The Labute approximate surface area is 118 Å². The van der Waals surface area contributed by atoms with Gasteiger partial charge in [-0.15, -0.1) is 0 Å². The van der Waals surface area contributed by atoms with Crippen molar-refractivity contribution >= 4 is 23.0 Å². The number of carboxylic acid groups (broad SMARTS) is 1. The van der Waals surface area contributed by atoms with E-state index in [1.807, 2.05) is 0 Å². The molecule has 112 valence electrons. The van der Waals surface area contributed by atoms with Gasteiger partial charge < -0.3 is 15.3 Å². The zero-order chi connectivity index (χ0) is 15.6. The van der Waals surface area contributed by atoms with Gasteiger partial charge in [-0.1, -0.05) is 0 Å². The predicted octanol–water partition coefficient (Wildman–Crippen LogP) is 0.366. The number of hydrogen-bond acceptors (Lipinski definition) is 7. The molecule has 1 saturated heterocycles. The fourth-order valence-corrected chi connectivity index (χ4v) is 2.17. The largest absolute Gasteiger partial charge is 0.480 e. The number of rotatable bonds is 4. The molecule has 0 bridgehead atoms. The van der Waals surface area contributed by atoms with E-state index < -0.39 is 27.5 Å². The van der Waals surface area contributed by atoms with E-state index in [-0.39, 0.29) is 17.9 Å². The topological polar surface area (TPSA) is 139 Å². The van der Waals surface area contributed by atoms with Crippen molar-refractivity contribution in [3.63, 3.8) is 0 Å². The van der Waals surface area contributed by atoms with Crippen LogP contribution < -0.4 is 10.2 Å². The van der Waals surface area contributed by atoms with Crippen molar-refractivity contribution in [2.45, 2.75) is 6.04 Å². The fourth-order valence-electron chi connectivity index (χ4n) is 2.17. The van der Waals surface area contributed by atoms with Crippen molar-refractivity contribution in [3.05, 3.63) is 38.4 Å². The Morgan fingerprint density at radius 3 is 2.62 bits per heavy atom. The van der Waals surface area contributed by atoms with E-state index in [0.717, 1.165) is 6.07 Å². The minimum absolute atomic E-state index is 0.0496. The molecule has 1 aromatic rings. The van der Waals surface area contributed by atoms with Crippen LogP contribution >= 0.6 is 0 Å². The molecule has 1 fully saturated rings. The Morgan fingerprint density at radius 1 is 1.33 bits per heavy atom. The Morgan fingerprint density at radius 2 is 2.05 bits per heavy atom. The zero-order valence-electron chi connectivity index (χ0n) is 10.8. The summed E-state index contributed by atoms with van der Waals surface area (Å²) >= 11 is 0. The number of aliphatic carboxylic acids is 1. The van der Waals surface area contributed by atoms with Crippen LogP contribution in [0, 0.1) is 20.2 Å². The SMILES string of the molecule is O=C(O)[C@H]1CN(c2ccc([N+](=O)[O-])cc2[N+](=O)[O-])CCN1. The summed E-state index contributed by atoms with van der Waals surface area (Å²) in [5.41, 5.74) is -0.607. The first-order valence-electron chi connectivity index (χ1n) is 6.04. The first-order valence-corrected chi connectivity index (χ1v) is 6.04. The van der Waals surface area contributed by atoms with Crippen molar-refractivity contribution < 1.29 is 19.7 Å². The van der Waals surface area contributed by atoms with Gasteiger partial charge in [-0.3, -0.25) is 25.0 Å². The van der Waals surface area contributed by atoms with E-state index in [9.17, 15) is 25.0 Å². The van der Waals surface area contributed by atoms with Gasteiger partial charge in [-0.05, 0) is 6.07 Å². The molecule has 10 heteroatoms. The number of nitrogens with one attached hydrogen (secondary N) is 1. The average molecular weight is 296 g/mol. The number of hydrogen-bond donors (Lipinski definition) is 2. The zero-order valence-corrected chi connectivity index (χ0v) is 10.8. The summed E-state index contributed by atoms with van der Waals surface area (Å²) in [6.07, 6.45) is 0. The highest BCUT2D eigenvalue weighted by atomic mass is 16.6. The lowest BCUT2D eigenvalue weighted by Crippen LogP contribution is -2.54. The Balaban J connectivity index is 2.36. The molecule has 1 heterocycles. The number of carbonyl (C=O) groups is 1. The molecule has 1 atom stereocenters. The summed E-state index contributed by atoms with van der Waals surface area (Å²) in [4.78, 5) is 32.9. The molecule has 0 aromatic heterocycles. The Bertz CT molecular complexity index is 604. The lowest BCUT2D eigenvalue weighted by molar-refractivity contribution is -0.393. The smallest absolute Gasteiger partial charge is 0.322 e. The van der Waals surface area contributed by atoms with Crippen molar-refractivity contribution in [1.82, 2.24) is 5.32 Å². The molecular weight excluding hydrogens is 284 g/mol. The van der Waals surface area contributed by atoms with Gasteiger partial charge in [-0.25, -0.2) is 0 Å². The number of anilines is 1. The third-order valence-electron chi connectivity index (χ3n) is 3.18. The number of nitrogens with zero attached hydrogens (tertiary/aromatic N) is 3. The molecule has 1 aliphatic heterocycles. The maximum atomic E-state index is 11.1. The summed E-state index contributed by atoms with van der Waals surface area (Å²) < 4.78 is 0. The van der Waals surface area contributed by atoms with Crippen molar-refractivity contribution in [2.24, 2.45) is 0 Å². The molecule has 21 heavy (non-hydrogen) atoms. The summed E-state index contributed by atoms with van der Waals surface area (Å²) in [5, 5.41) is 33.5. The number of nitro groups is 2. The Kier molecular flexibility index (Phi) is 3.98. The van der Waals surface area contributed by atoms with Crippen LogP contribution in [-0.4, -0.2) is 46.6 Å². The van der Waals surface area contributed by atoms with Crippen molar-refractivity contribution in [1.29, 1.82) is 0 Å². The molecule has 0 radical (unpaired) electrons. The molecule has 10 nitrogen and oxygen atoms in total. The van der Waals surface area contributed by atoms with Crippen LogP contribution in [-0.2, 0) is 4.79 Å². The molecule has 1 aliphatic rings.